The maximum absolute atomic E-state index is 11.8. The number of nitrogens with zero attached hydrogens (tertiary/aromatic N) is 1. The maximum atomic E-state index is 11.8. The lowest BCUT2D eigenvalue weighted by Gasteiger charge is -2.19. The Labute approximate surface area is 129 Å². The molecule has 0 saturated heterocycles. The summed E-state index contributed by atoms with van der Waals surface area (Å²) in [5.74, 6) is 1.37. The molecular formula is C15H22N4O3. The third-order valence-electron chi connectivity index (χ3n) is 2.91. The first-order valence-electron chi connectivity index (χ1n) is 7.14. The number of hydrogen-bond acceptors (Lipinski definition) is 5. The van der Waals surface area contributed by atoms with Crippen molar-refractivity contribution in [2.75, 3.05) is 5.32 Å². The molecule has 0 spiro atoms. The largest absolute Gasteiger partial charge is 0.468 e. The van der Waals surface area contributed by atoms with Crippen LogP contribution in [0.3, 0.4) is 0 Å². The summed E-state index contributed by atoms with van der Waals surface area (Å²) in [7, 11) is 0. The van der Waals surface area contributed by atoms with Crippen LogP contribution in [0, 0.1) is 0 Å². The van der Waals surface area contributed by atoms with Crippen LogP contribution >= 0.6 is 0 Å². The Morgan fingerprint density at radius 3 is 2.91 bits per heavy atom. The van der Waals surface area contributed by atoms with Crippen molar-refractivity contribution in [3.63, 3.8) is 0 Å². The number of ether oxygens (including phenoxy) is 1. The second kappa shape index (κ2) is 6.65. The molecule has 0 bridgehead atoms. The van der Waals surface area contributed by atoms with Crippen molar-refractivity contribution < 1.29 is 13.9 Å². The lowest BCUT2D eigenvalue weighted by molar-refractivity contribution is 0.0635. The van der Waals surface area contributed by atoms with Crippen LogP contribution < -0.4 is 10.6 Å². The highest BCUT2D eigenvalue weighted by molar-refractivity contribution is 5.84. The first-order chi connectivity index (χ1) is 10.3. The second-order valence-corrected chi connectivity index (χ2v) is 6.02. The molecule has 120 valence electrons. The molecule has 0 aliphatic heterocycles. The van der Waals surface area contributed by atoms with Gasteiger partial charge in [-0.2, -0.15) is 5.10 Å². The van der Waals surface area contributed by atoms with Crippen molar-refractivity contribution in [1.82, 2.24) is 15.5 Å². The minimum absolute atomic E-state index is 0.0549. The molecule has 0 fully saturated rings. The van der Waals surface area contributed by atoms with Crippen LogP contribution in [0.25, 0.3) is 0 Å². The van der Waals surface area contributed by atoms with E-state index in [1.54, 1.807) is 12.5 Å². The molecule has 0 radical (unpaired) electrons. The molecule has 3 N–H and O–H groups in total. The van der Waals surface area contributed by atoms with Gasteiger partial charge in [0.1, 0.15) is 17.2 Å². The molecule has 2 rings (SSSR count). The molecule has 2 aromatic heterocycles. The fourth-order valence-corrected chi connectivity index (χ4v) is 1.86. The number of nitrogens with one attached hydrogen (secondary N) is 3. The highest BCUT2D eigenvalue weighted by Gasteiger charge is 2.18. The molecule has 0 aliphatic rings. The van der Waals surface area contributed by atoms with Gasteiger partial charge < -0.3 is 14.5 Å². The Morgan fingerprint density at radius 2 is 2.27 bits per heavy atom. The van der Waals surface area contributed by atoms with Crippen molar-refractivity contribution in [3.05, 3.63) is 35.9 Å². The number of aromatic nitrogens is 2. The summed E-state index contributed by atoms with van der Waals surface area (Å²) in [6.07, 6.45) is 2.78. The average molecular weight is 306 g/mol. The molecular weight excluding hydrogens is 284 g/mol. The van der Waals surface area contributed by atoms with Gasteiger partial charge in [-0.05, 0) is 39.8 Å². The van der Waals surface area contributed by atoms with Crippen LogP contribution in [0.15, 0.2) is 29.0 Å². The summed E-state index contributed by atoms with van der Waals surface area (Å²) in [4.78, 5) is 11.8. The lowest BCUT2D eigenvalue weighted by atomic mass is 10.2. The number of rotatable bonds is 5. The van der Waals surface area contributed by atoms with Gasteiger partial charge in [0.15, 0.2) is 0 Å². The third-order valence-corrected chi connectivity index (χ3v) is 2.91. The SMILES string of the molecule is CC(NCc1cn[nH]c1NC(=O)OC(C)(C)C)c1ccco1. The first-order valence-corrected chi connectivity index (χ1v) is 7.14. The van der Waals surface area contributed by atoms with E-state index in [0.717, 1.165) is 11.3 Å². The average Bonchev–Trinajstić information content (AvgIpc) is 3.04. The summed E-state index contributed by atoms with van der Waals surface area (Å²) in [5.41, 5.74) is 0.292. The van der Waals surface area contributed by atoms with Gasteiger partial charge in [0.25, 0.3) is 0 Å². The van der Waals surface area contributed by atoms with E-state index in [-0.39, 0.29) is 6.04 Å². The number of hydrogen-bond donors (Lipinski definition) is 3. The van der Waals surface area contributed by atoms with E-state index in [2.05, 4.69) is 20.8 Å². The monoisotopic (exact) mass is 306 g/mol. The predicted molar refractivity (Wildman–Crippen MR) is 82.4 cm³/mol. The maximum Gasteiger partial charge on any atom is 0.413 e. The minimum atomic E-state index is -0.545. The first kappa shape index (κ1) is 16.1. The standard InChI is InChI=1S/C15H22N4O3/c1-10(12-6-5-7-21-12)16-8-11-9-17-19-13(11)18-14(20)22-15(2,3)4/h5-7,9-10,16H,8H2,1-4H3,(H2,17,18,19,20). The Morgan fingerprint density at radius 1 is 1.50 bits per heavy atom. The fourth-order valence-electron chi connectivity index (χ4n) is 1.86. The zero-order valence-electron chi connectivity index (χ0n) is 13.3. The molecule has 1 atom stereocenters. The summed E-state index contributed by atoms with van der Waals surface area (Å²) in [6, 6.07) is 3.81. The molecule has 7 heteroatoms. The molecule has 22 heavy (non-hydrogen) atoms. The van der Waals surface area contributed by atoms with Crippen molar-refractivity contribution in [1.29, 1.82) is 0 Å². The van der Waals surface area contributed by atoms with Crippen LogP contribution in [-0.2, 0) is 11.3 Å². The molecule has 0 saturated carbocycles. The van der Waals surface area contributed by atoms with Gasteiger partial charge in [-0.15, -0.1) is 0 Å². The topological polar surface area (TPSA) is 92.2 Å². The van der Waals surface area contributed by atoms with Crippen LogP contribution in [-0.4, -0.2) is 21.9 Å². The molecule has 2 heterocycles. The number of furan rings is 1. The Hall–Kier alpha value is -2.28. The summed E-state index contributed by atoms with van der Waals surface area (Å²) in [5, 5.41) is 12.7. The zero-order chi connectivity index (χ0) is 16.2. The van der Waals surface area contributed by atoms with E-state index in [9.17, 15) is 4.79 Å². The van der Waals surface area contributed by atoms with Gasteiger partial charge in [-0.1, -0.05) is 0 Å². The molecule has 0 aromatic carbocycles. The van der Waals surface area contributed by atoms with Gasteiger partial charge in [0, 0.05) is 12.1 Å². The molecule has 7 nitrogen and oxygen atoms in total. The molecule has 1 amide bonds. The quantitative estimate of drug-likeness (QED) is 0.789. The number of amides is 1. The Balaban J connectivity index is 1.91. The smallest absolute Gasteiger partial charge is 0.413 e. The minimum Gasteiger partial charge on any atom is -0.468 e. The van der Waals surface area contributed by atoms with Crippen LogP contribution in [0.4, 0.5) is 10.6 Å². The molecule has 2 aromatic rings. The Kier molecular flexibility index (Phi) is 4.87. The van der Waals surface area contributed by atoms with Crippen molar-refractivity contribution in [2.45, 2.75) is 45.9 Å². The number of carbonyl (C=O) groups is 1. The normalized spacial score (nSPS) is 12.9. The second-order valence-electron chi connectivity index (χ2n) is 6.02. The van der Waals surface area contributed by atoms with E-state index in [1.807, 2.05) is 39.8 Å². The van der Waals surface area contributed by atoms with E-state index >= 15 is 0 Å². The lowest BCUT2D eigenvalue weighted by Crippen LogP contribution is -2.28. The number of H-pyrrole nitrogens is 1. The van der Waals surface area contributed by atoms with Crippen molar-refractivity contribution in [2.24, 2.45) is 0 Å². The number of aromatic amines is 1. The van der Waals surface area contributed by atoms with E-state index < -0.39 is 11.7 Å². The van der Waals surface area contributed by atoms with Crippen molar-refractivity contribution in [3.8, 4) is 0 Å². The van der Waals surface area contributed by atoms with E-state index in [1.165, 1.54) is 0 Å². The molecule has 1 unspecified atom stereocenters. The predicted octanol–water partition coefficient (Wildman–Crippen LogP) is 3.20. The summed E-state index contributed by atoms with van der Waals surface area (Å²) < 4.78 is 10.6. The highest BCUT2D eigenvalue weighted by atomic mass is 16.6. The zero-order valence-corrected chi connectivity index (χ0v) is 13.3. The van der Waals surface area contributed by atoms with Crippen LogP contribution in [0.5, 0.6) is 0 Å². The van der Waals surface area contributed by atoms with E-state index in [4.69, 9.17) is 9.15 Å². The Bertz CT molecular complexity index is 599. The number of anilines is 1. The van der Waals surface area contributed by atoms with Crippen LogP contribution in [0.1, 0.15) is 45.1 Å². The van der Waals surface area contributed by atoms with E-state index in [0.29, 0.717) is 12.4 Å². The van der Waals surface area contributed by atoms with Gasteiger partial charge >= 0.3 is 6.09 Å². The van der Waals surface area contributed by atoms with Crippen LogP contribution in [0.2, 0.25) is 0 Å². The fraction of sp³-hybridized carbons (Fsp3) is 0.467. The van der Waals surface area contributed by atoms with Gasteiger partial charge in [0.05, 0.1) is 18.5 Å². The molecule has 0 aliphatic carbocycles. The van der Waals surface area contributed by atoms with Gasteiger partial charge in [0.2, 0.25) is 0 Å². The van der Waals surface area contributed by atoms with Crippen molar-refractivity contribution >= 4 is 11.9 Å². The summed E-state index contributed by atoms with van der Waals surface area (Å²) in [6.45, 7) is 7.97. The van der Waals surface area contributed by atoms with Gasteiger partial charge in [-0.25, -0.2) is 4.79 Å². The highest BCUT2D eigenvalue weighted by Crippen LogP contribution is 2.17. The third kappa shape index (κ3) is 4.63. The van der Waals surface area contributed by atoms with Gasteiger partial charge in [-0.3, -0.25) is 10.4 Å². The summed E-state index contributed by atoms with van der Waals surface area (Å²) >= 11 is 0. The number of carbonyl (C=O) groups excluding carboxylic acids is 1.